The average Bonchev–Trinajstić information content (AvgIpc) is 2.80. The largest absolute Gasteiger partial charge is 0.466 e. The SMILES string of the molecule is CCOC(=O)C1CC(=O)N(c2cccc(C(F)(F)F)c2)C1. The van der Waals surface area contributed by atoms with Crippen LogP contribution < -0.4 is 4.90 Å². The van der Waals surface area contributed by atoms with E-state index >= 15 is 0 Å². The van der Waals surface area contributed by atoms with Crippen LogP contribution in [0.2, 0.25) is 0 Å². The van der Waals surface area contributed by atoms with E-state index < -0.39 is 23.6 Å². The Morgan fingerprint density at radius 3 is 2.76 bits per heavy atom. The van der Waals surface area contributed by atoms with Gasteiger partial charge in [-0.2, -0.15) is 13.2 Å². The molecule has 1 atom stereocenters. The molecule has 1 amide bonds. The van der Waals surface area contributed by atoms with E-state index in [2.05, 4.69) is 0 Å². The quantitative estimate of drug-likeness (QED) is 0.806. The number of hydrogen-bond acceptors (Lipinski definition) is 3. The Labute approximate surface area is 119 Å². The highest BCUT2D eigenvalue weighted by Gasteiger charge is 2.37. The molecular formula is C14H14F3NO3. The maximum atomic E-state index is 12.7. The summed E-state index contributed by atoms with van der Waals surface area (Å²) < 4.78 is 42.9. The van der Waals surface area contributed by atoms with E-state index in [1.807, 2.05) is 0 Å². The van der Waals surface area contributed by atoms with Crippen molar-refractivity contribution in [2.24, 2.45) is 5.92 Å². The molecule has 1 aromatic carbocycles. The number of ether oxygens (including phenoxy) is 1. The highest BCUT2D eigenvalue weighted by atomic mass is 19.4. The van der Waals surface area contributed by atoms with Gasteiger partial charge in [-0.1, -0.05) is 6.07 Å². The van der Waals surface area contributed by atoms with Gasteiger partial charge in [-0.15, -0.1) is 0 Å². The molecule has 1 saturated heterocycles. The van der Waals surface area contributed by atoms with Gasteiger partial charge in [-0.25, -0.2) is 0 Å². The summed E-state index contributed by atoms with van der Waals surface area (Å²) in [5.74, 6) is -1.51. The van der Waals surface area contributed by atoms with E-state index in [9.17, 15) is 22.8 Å². The van der Waals surface area contributed by atoms with Crippen molar-refractivity contribution in [1.29, 1.82) is 0 Å². The van der Waals surface area contributed by atoms with Crippen LogP contribution in [0.1, 0.15) is 18.9 Å². The van der Waals surface area contributed by atoms with Gasteiger partial charge in [0, 0.05) is 18.7 Å². The monoisotopic (exact) mass is 301 g/mol. The first-order valence-electron chi connectivity index (χ1n) is 6.47. The van der Waals surface area contributed by atoms with Crippen molar-refractivity contribution in [2.75, 3.05) is 18.1 Å². The Morgan fingerprint density at radius 1 is 1.43 bits per heavy atom. The molecule has 21 heavy (non-hydrogen) atoms. The lowest BCUT2D eigenvalue weighted by atomic mass is 10.1. The van der Waals surface area contributed by atoms with Crippen molar-refractivity contribution >= 4 is 17.6 Å². The number of nitrogens with zero attached hydrogens (tertiary/aromatic N) is 1. The van der Waals surface area contributed by atoms with Crippen LogP contribution in [-0.4, -0.2) is 25.0 Å². The molecule has 0 spiro atoms. The van der Waals surface area contributed by atoms with Crippen LogP contribution in [0.15, 0.2) is 24.3 Å². The summed E-state index contributed by atoms with van der Waals surface area (Å²) in [6.45, 7) is 1.89. The van der Waals surface area contributed by atoms with Gasteiger partial charge in [0.2, 0.25) is 5.91 Å². The molecule has 1 heterocycles. The number of hydrogen-bond donors (Lipinski definition) is 0. The van der Waals surface area contributed by atoms with Crippen LogP contribution in [0.3, 0.4) is 0 Å². The molecule has 1 aromatic rings. The maximum absolute atomic E-state index is 12.7. The van der Waals surface area contributed by atoms with Crippen molar-refractivity contribution in [3.8, 4) is 0 Å². The van der Waals surface area contributed by atoms with Crippen molar-refractivity contribution in [3.63, 3.8) is 0 Å². The van der Waals surface area contributed by atoms with E-state index in [-0.39, 0.29) is 31.2 Å². The molecule has 0 radical (unpaired) electrons. The number of benzene rings is 1. The summed E-state index contributed by atoms with van der Waals surface area (Å²) in [6, 6.07) is 4.50. The molecule has 7 heteroatoms. The van der Waals surface area contributed by atoms with Gasteiger partial charge in [-0.3, -0.25) is 9.59 Å². The van der Waals surface area contributed by atoms with Crippen LogP contribution in [0.25, 0.3) is 0 Å². The third-order valence-electron chi connectivity index (χ3n) is 3.23. The minimum Gasteiger partial charge on any atom is -0.466 e. The van der Waals surface area contributed by atoms with Gasteiger partial charge in [-0.05, 0) is 25.1 Å². The summed E-state index contributed by atoms with van der Waals surface area (Å²) in [5.41, 5.74) is -0.686. The van der Waals surface area contributed by atoms with Crippen molar-refractivity contribution in [1.82, 2.24) is 0 Å². The number of amides is 1. The Bertz CT molecular complexity index is 557. The third-order valence-corrected chi connectivity index (χ3v) is 3.23. The molecule has 0 saturated carbocycles. The number of alkyl halides is 3. The average molecular weight is 301 g/mol. The predicted octanol–water partition coefficient (Wildman–Crippen LogP) is 2.62. The van der Waals surface area contributed by atoms with Gasteiger partial charge in [0.25, 0.3) is 0 Å². The number of carbonyl (C=O) groups excluding carboxylic acids is 2. The molecule has 1 aliphatic heterocycles. The standard InChI is InChI=1S/C14H14F3NO3/c1-2-21-13(20)9-6-12(19)18(8-9)11-5-3-4-10(7-11)14(15,16)17/h3-5,7,9H,2,6,8H2,1H3. The normalized spacial score (nSPS) is 19.0. The fourth-order valence-electron chi connectivity index (χ4n) is 2.23. The minimum absolute atomic E-state index is 0.0407. The predicted molar refractivity (Wildman–Crippen MR) is 68.5 cm³/mol. The van der Waals surface area contributed by atoms with E-state index in [4.69, 9.17) is 4.74 Å². The third kappa shape index (κ3) is 3.34. The number of carbonyl (C=O) groups is 2. The summed E-state index contributed by atoms with van der Waals surface area (Å²) in [4.78, 5) is 24.7. The zero-order chi connectivity index (χ0) is 15.6. The first kappa shape index (κ1) is 15.3. The topological polar surface area (TPSA) is 46.6 Å². The summed E-state index contributed by atoms with van der Waals surface area (Å²) in [7, 11) is 0. The lowest BCUT2D eigenvalue weighted by Gasteiger charge is -2.18. The fourth-order valence-corrected chi connectivity index (χ4v) is 2.23. The van der Waals surface area contributed by atoms with Crippen LogP contribution >= 0.6 is 0 Å². The Hall–Kier alpha value is -2.05. The lowest BCUT2D eigenvalue weighted by Crippen LogP contribution is -2.26. The molecule has 4 nitrogen and oxygen atoms in total. The van der Waals surface area contributed by atoms with Crippen molar-refractivity contribution in [2.45, 2.75) is 19.5 Å². The molecule has 1 fully saturated rings. The molecule has 1 unspecified atom stereocenters. The molecule has 0 bridgehead atoms. The van der Waals surface area contributed by atoms with Gasteiger partial charge in [0.15, 0.2) is 0 Å². The smallest absolute Gasteiger partial charge is 0.416 e. The zero-order valence-electron chi connectivity index (χ0n) is 11.3. The van der Waals surface area contributed by atoms with E-state index in [0.29, 0.717) is 0 Å². The van der Waals surface area contributed by atoms with Crippen LogP contribution in [0.5, 0.6) is 0 Å². The van der Waals surface area contributed by atoms with E-state index in [1.54, 1.807) is 6.92 Å². The molecular weight excluding hydrogens is 287 g/mol. The molecule has 0 aromatic heterocycles. The van der Waals surface area contributed by atoms with Gasteiger partial charge in [0.05, 0.1) is 18.1 Å². The molecule has 0 aliphatic carbocycles. The Kier molecular flexibility index (Phi) is 4.20. The first-order chi connectivity index (χ1) is 9.82. The number of rotatable bonds is 3. The highest BCUT2D eigenvalue weighted by Crippen LogP contribution is 2.33. The number of anilines is 1. The van der Waals surface area contributed by atoms with Gasteiger partial charge >= 0.3 is 12.1 Å². The highest BCUT2D eigenvalue weighted by molar-refractivity contribution is 5.99. The Balaban J connectivity index is 2.19. The molecule has 1 aliphatic rings. The second-order valence-electron chi connectivity index (χ2n) is 4.71. The lowest BCUT2D eigenvalue weighted by molar-refractivity contribution is -0.147. The van der Waals surface area contributed by atoms with Crippen LogP contribution in [-0.2, 0) is 20.5 Å². The minimum atomic E-state index is -4.47. The second kappa shape index (κ2) is 5.75. The Morgan fingerprint density at radius 2 is 2.14 bits per heavy atom. The van der Waals surface area contributed by atoms with Gasteiger partial charge < -0.3 is 9.64 Å². The molecule has 2 rings (SSSR count). The molecule has 0 N–H and O–H groups in total. The van der Waals surface area contributed by atoms with Crippen LogP contribution in [0, 0.1) is 5.92 Å². The fraction of sp³-hybridized carbons (Fsp3) is 0.429. The van der Waals surface area contributed by atoms with Crippen molar-refractivity contribution in [3.05, 3.63) is 29.8 Å². The zero-order valence-corrected chi connectivity index (χ0v) is 11.3. The van der Waals surface area contributed by atoms with E-state index in [0.717, 1.165) is 12.1 Å². The second-order valence-corrected chi connectivity index (χ2v) is 4.71. The van der Waals surface area contributed by atoms with Crippen molar-refractivity contribution < 1.29 is 27.5 Å². The number of esters is 1. The first-order valence-corrected chi connectivity index (χ1v) is 6.47. The summed E-state index contributed by atoms with van der Waals surface area (Å²) in [6.07, 6.45) is -4.52. The van der Waals surface area contributed by atoms with Crippen LogP contribution in [0.4, 0.5) is 18.9 Å². The number of halogens is 3. The van der Waals surface area contributed by atoms with E-state index in [1.165, 1.54) is 17.0 Å². The maximum Gasteiger partial charge on any atom is 0.416 e. The molecule has 114 valence electrons. The van der Waals surface area contributed by atoms with Gasteiger partial charge in [0.1, 0.15) is 0 Å². The summed E-state index contributed by atoms with van der Waals surface area (Å²) >= 11 is 0. The summed E-state index contributed by atoms with van der Waals surface area (Å²) in [5, 5.41) is 0.